The zero-order valence-electron chi connectivity index (χ0n) is 22.4. The highest BCUT2D eigenvalue weighted by molar-refractivity contribution is 6.06. The fourth-order valence-electron chi connectivity index (χ4n) is 5.50. The molecule has 1 aliphatic heterocycles. The first-order valence-corrected chi connectivity index (χ1v) is 12.9. The number of carbonyl (C=O) groups excluding carboxylic acids is 2. The number of benzene rings is 2. The number of hydrogen-bond donors (Lipinski definition) is 2. The van der Waals surface area contributed by atoms with Crippen molar-refractivity contribution in [2.45, 2.75) is 37.6 Å². The van der Waals surface area contributed by atoms with Crippen molar-refractivity contribution < 1.29 is 38.1 Å². The second-order valence-corrected chi connectivity index (χ2v) is 9.60. The summed E-state index contributed by atoms with van der Waals surface area (Å²) in [7, 11) is 4.48. The number of allylic oxidation sites excluding steroid dienone is 1. The number of furan rings is 1. The number of methoxy groups -OCH3 is 3. The predicted octanol–water partition coefficient (Wildman–Crippen LogP) is 5.07. The van der Waals surface area contributed by atoms with Crippen molar-refractivity contribution in [1.82, 2.24) is 0 Å². The molecule has 208 valence electrons. The van der Waals surface area contributed by atoms with Crippen LogP contribution in [0.3, 0.4) is 0 Å². The molecule has 0 spiro atoms. The molecule has 2 atom stereocenters. The standard InChI is InChI=1S/C30H30N2O8/c1-37-24-15-18(16-25(38-2)30(24)39-3)29-28-20(13-17(14-22(28)33)23-9-6-12-40-23)31-19-7-4-5-8-21(19)32(29)26(34)10-11-27(35)36/h4-9,12,15-17,29,31H,10-11,13-14H2,1-3H3,(H,35,36). The fourth-order valence-corrected chi connectivity index (χ4v) is 5.50. The first kappa shape index (κ1) is 26.9. The third-order valence-corrected chi connectivity index (χ3v) is 7.26. The summed E-state index contributed by atoms with van der Waals surface area (Å²) >= 11 is 0. The van der Waals surface area contributed by atoms with Gasteiger partial charge in [-0.15, -0.1) is 0 Å². The summed E-state index contributed by atoms with van der Waals surface area (Å²) in [5, 5.41) is 12.8. The van der Waals surface area contributed by atoms with Crippen LogP contribution >= 0.6 is 0 Å². The Bertz CT molecular complexity index is 1450. The van der Waals surface area contributed by atoms with E-state index in [4.69, 9.17) is 18.6 Å². The minimum atomic E-state index is -1.09. The van der Waals surface area contributed by atoms with Crippen LogP contribution in [0.4, 0.5) is 11.4 Å². The Morgan fingerprint density at radius 1 is 1.00 bits per heavy atom. The molecule has 5 rings (SSSR count). The molecule has 0 saturated carbocycles. The molecule has 1 aliphatic carbocycles. The van der Waals surface area contributed by atoms with Gasteiger partial charge in [0.05, 0.1) is 51.4 Å². The Labute approximate surface area is 231 Å². The number of carbonyl (C=O) groups is 3. The van der Waals surface area contributed by atoms with Gasteiger partial charge in [-0.05, 0) is 48.4 Å². The van der Waals surface area contributed by atoms with Gasteiger partial charge in [0.1, 0.15) is 5.76 Å². The van der Waals surface area contributed by atoms with E-state index >= 15 is 0 Å². The van der Waals surface area contributed by atoms with Crippen LogP contribution in [0.1, 0.15) is 49.0 Å². The third-order valence-electron chi connectivity index (χ3n) is 7.26. The number of carboxylic acids is 1. The van der Waals surface area contributed by atoms with Crippen molar-refractivity contribution in [1.29, 1.82) is 0 Å². The lowest BCUT2D eigenvalue weighted by molar-refractivity contribution is -0.138. The van der Waals surface area contributed by atoms with E-state index in [9.17, 15) is 19.5 Å². The van der Waals surface area contributed by atoms with E-state index in [2.05, 4.69) is 5.32 Å². The molecule has 3 aromatic rings. The quantitative estimate of drug-likeness (QED) is 0.398. The van der Waals surface area contributed by atoms with Gasteiger partial charge in [0, 0.05) is 30.0 Å². The highest BCUT2D eigenvalue weighted by atomic mass is 16.5. The number of fused-ring (bicyclic) bond motifs is 1. The molecule has 0 bridgehead atoms. The minimum Gasteiger partial charge on any atom is -0.493 e. The number of Topliss-reactive ketones (excluding diaryl/α,β-unsaturated/α-hetero) is 1. The van der Waals surface area contributed by atoms with Gasteiger partial charge in [-0.2, -0.15) is 0 Å². The Morgan fingerprint density at radius 2 is 1.73 bits per heavy atom. The van der Waals surface area contributed by atoms with Gasteiger partial charge in [0.25, 0.3) is 0 Å². The summed E-state index contributed by atoms with van der Waals surface area (Å²) < 4.78 is 22.3. The number of nitrogens with zero attached hydrogens (tertiary/aromatic N) is 1. The van der Waals surface area contributed by atoms with E-state index in [-0.39, 0.29) is 31.0 Å². The number of para-hydroxylation sites is 2. The van der Waals surface area contributed by atoms with Crippen molar-refractivity contribution in [3.8, 4) is 17.2 Å². The van der Waals surface area contributed by atoms with E-state index in [0.717, 1.165) is 0 Å². The first-order valence-electron chi connectivity index (χ1n) is 12.9. The van der Waals surface area contributed by atoms with Gasteiger partial charge < -0.3 is 29.1 Å². The topological polar surface area (TPSA) is 128 Å². The van der Waals surface area contributed by atoms with Crippen molar-refractivity contribution in [2.75, 3.05) is 31.5 Å². The fraction of sp³-hybridized carbons (Fsp3) is 0.300. The maximum atomic E-state index is 14.0. The molecule has 0 saturated heterocycles. The van der Waals surface area contributed by atoms with Crippen molar-refractivity contribution in [2.24, 2.45) is 0 Å². The zero-order valence-corrected chi connectivity index (χ0v) is 22.4. The largest absolute Gasteiger partial charge is 0.493 e. The van der Waals surface area contributed by atoms with Gasteiger partial charge in [0.15, 0.2) is 17.3 Å². The zero-order chi connectivity index (χ0) is 28.4. The van der Waals surface area contributed by atoms with Crippen molar-refractivity contribution in [3.05, 3.63) is 77.4 Å². The molecule has 1 aromatic heterocycles. The summed E-state index contributed by atoms with van der Waals surface area (Å²) in [6.45, 7) is 0. The second kappa shape index (κ2) is 11.2. The SMILES string of the molecule is COc1cc(C2C3=C(CC(c4ccco4)CC3=O)Nc3ccccc3N2C(=O)CCC(=O)O)cc(OC)c1OC. The number of anilines is 2. The summed E-state index contributed by atoms with van der Waals surface area (Å²) in [5.41, 5.74) is 2.78. The maximum absolute atomic E-state index is 14.0. The number of carboxylic acid groups (broad SMARTS) is 1. The first-order chi connectivity index (χ1) is 19.4. The van der Waals surface area contributed by atoms with Gasteiger partial charge in [-0.25, -0.2) is 0 Å². The predicted molar refractivity (Wildman–Crippen MR) is 146 cm³/mol. The van der Waals surface area contributed by atoms with Crippen LogP contribution in [0.5, 0.6) is 17.2 Å². The molecule has 0 fully saturated rings. The smallest absolute Gasteiger partial charge is 0.303 e. The molecule has 10 nitrogen and oxygen atoms in total. The van der Waals surface area contributed by atoms with Crippen LogP contribution in [0.15, 0.2) is 70.5 Å². The number of aliphatic carboxylic acids is 1. The number of nitrogens with one attached hydrogen (secondary N) is 1. The van der Waals surface area contributed by atoms with Gasteiger partial charge in [-0.3, -0.25) is 19.3 Å². The number of rotatable bonds is 8. The Morgan fingerprint density at radius 3 is 2.35 bits per heavy atom. The molecule has 2 N–H and O–H groups in total. The van der Waals surface area contributed by atoms with Crippen LogP contribution < -0.4 is 24.4 Å². The van der Waals surface area contributed by atoms with Gasteiger partial charge in [-0.1, -0.05) is 12.1 Å². The van der Waals surface area contributed by atoms with E-state index in [1.54, 1.807) is 36.6 Å². The molecule has 0 radical (unpaired) electrons. The lowest BCUT2D eigenvalue weighted by atomic mass is 9.80. The third kappa shape index (κ3) is 4.88. The molecule has 10 heteroatoms. The average molecular weight is 547 g/mol. The average Bonchev–Trinajstić information content (AvgIpc) is 3.45. The van der Waals surface area contributed by atoms with E-state index in [0.29, 0.717) is 57.6 Å². The van der Waals surface area contributed by atoms with Crippen LogP contribution in [0.25, 0.3) is 0 Å². The van der Waals surface area contributed by atoms with Gasteiger partial charge >= 0.3 is 5.97 Å². The molecular weight excluding hydrogens is 516 g/mol. The summed E-state index contributed by atoms with van der Waals surface area (Å²) in [6.07, 6.45) is 1.63. The number of hydrogen-bond acceptors (Lipinski definition) is 8. The van der Waals surface area contributed by atoms with E-state index in [1.807, 2.05) is 18.2 Å². The molecule has 2 aromatic carbocycles. The lowest BCUT2D eigenvalue weighted by Gasteiger charge is -2.35. The molecule has 2 unspecified atom stereocenters. The molecule has 2 aliphatic rings. The molecule has 2 heterocycles. The highest BCUT2D eigenvalue weighted by Gasteiger charge is 2.42. The molecule has 40 heavy (non-hydrogen) atoms. The number of ether oxygens (including phenoxy) is 3. The second-order valence-electron chi connectivity index (χ2n) is 9.60. The van der Waals surface area contributed by atoms with Gasteiger partial charge in [0.2, 0.25) is 11.7 Å². The van der Waals surface area contributed by atoms with Crippen molar-refractivity contribution >= 4 is 29.0 Å². The monoisotopic (exact) mass is 546 g/mol. The van der Waals surface area contributed by atoms with Crippen LogP contribution in [0.2, 0.25) is 0 Å². The maximum Gasteiger partial charge on any atom is 0.303 e. The van der Waals surface area contributed by atoms with Crippen LogP contribution in [-0.2, 0) is 14.4 Å². The Kier molecular flexibility index (Phi) is 7.50. The number of ketones is 1. The summed E-state index contributed by atoms with van der Waals surface area (Å²) in [4.78, 5) is 40.8. The van der Waals surface area contributed by atoms with E-state index in [1.165, 1.54) is 26.2 Å². The minimum absolute atomic E-state index is 0.155. The van der Waals surface area contributed by atoms with Crippen LogP contribution in [0, 0.1) is 0 Å². The summed E-state index contributed by atoms with van der Waals surface area (Å²) in [5.74, 6) is -0.0737. The highest BCUT2D eigenvalue weighted by Crippen LogP contribution is 2.50. The van der Waals surface area contributed by atoms with Crippen LogP contribution in [-0.4, -0.2) is 44.1 Å². The Hall–Kier alpha value is -4.73. The summed E-state index contributed by atoms with van der Waals surface area (Å²) in [6, 6.07) is 13.4. The normalized spacial score (nSPS) is 18.3. The van der Waals surface area contributed by atoms with E-state index < -0.39 is 17.9 Å². The Balaban J connectivity index is 1.75. The number of amides is 1. The lowest BCUT2D eigenvalue weighted by Crippen LogP contribution is -2.38. The van der Waals surface area contributed by atoms with Crippen molar-refractivity contribution in [3.63, 3.8) is 0 Å². The molecule has 1 amide bonds. The molecular formula is C30H30N2O8.